The predicted octanol–water partition coefficient (Wildman–Crippen LogP) is 0.761. The van der Waals surface area contributed by atoms with E-state index in [1.54, 1.807) is 20.2 Å². The highest BCUT2D eigenvalue weighted by molar-refractivity contribution is 5.99. The number of aliphatic hydroxyl groups excluding tert-OH is 1. The van der Waals surface area contributed by atoms with Crippen molar-refractivity contribution in [3.05, 3.63) is 23.5 Å². The fourth-order valence-corrected chi connectivity index (χ4v) is 2.41. The van der Waals surface area contributed by atoms with Gasteiger partial charge in [0.25, 0.3) is 5.91 Å². The van der Waals surface area contributed by atoms with Gasteiger partial charge in [-0.25, -0.2) is 4.98 Å². The number of rotatable bonds is 6. The topological polar surface area (TPSA) is 87.8 Å². The molecule has 22 heavy (non-hydrogen) atoms. The Labute approximate surface area is 128 Å². The number of carbonyl (C=O) groups excluding carboxylic acids is 1. The van der Waals surface area contributed by atoms with Gasteiger partial charge < -0.3 is 24.4 Å². The number of phenolic OH excluding ortho intramolecular Hbond substituents is 1. The van der Waals surface area contributed by atoms with E-state index in [9.17, 15) is 9.90 Å². The number of amides is 1. The molecule has 0 spiro atoms. The number of hydrogen-bond acceptors (Lipinski definition) is 5. The standard InChI is InChI=1S/C15H21N3O4/c1-10-16-12-8-11(15(21)17(2)4-6-19)9-13(20)14(12)18(10)5-7-22-3/h8-9,19-20H,4-7H2,1-3H3. The molecule has 1 amide bonds. The number of imidazole rings is 1. The van der Waals surface area contributed by atoms with Crippen molar-refractivity contribution in [1.29, 1.82) is 0 Å². The molecule has 0 aliphatic rings. The SMILES string of the molecule is COCCn1c(C)nc2cc(C(=O)N(C)CCO)cc(O)c21. The van der Waals surface area contributed by atoms with Gasteiger partial charge in [-0.15, -0.1) is 0 Å². The van der Waals surface area contributed by atoms with Crippen molar-refractivity contribution in [1.82, 2.24) is 14.5 Å². The van der Waals surface area contributed by atoms with Crippen LogP contribution < -0.4 is 0 Å². The van der Waals surface area contributed by atoms with Crippen LogP contribution in [0.25, 0.3) is 11.0 Å². The summed E-state index contributed by atoms with van der Waals surface area (Å²) in [5.74, 6) is 0.487. The van der Waals surface area contributed by atoms with Crippen LogP contribution in [-0.4, -0.2) is 64.5 Å². The van der Waals surface area contributed by atoms with Gasteiger partial charge in [0.05, 0.1) is 18.7 Å². The Balaban J connectivity index is 2.44. The number of benzene rings is 1. The first-order valence-corrected chi connectivity index (χ1v) is 7.04. The molecular formula is C15H21N3O4. The Kier molecular flexibility index (Phi) is 4.99. The molecule has 2 aromatic rings. The second kappa shape index (κ2) is 6.76. The number of aromatic nitrogens is 2. The van der Waals surface area contributed by atoms with E-state index in [4.69, 9.17) is 9.84 Å². The Morgan fingerprint density at radius 3 is 2.82 bits per heavy atom. The fraction of sp³-hybridized carbons (Fsp3) is 0.467. The molecule has 2 N–H and O–H groups in total. The van der Waals surface area contributed by atoms with Crippen molar-refractivity contribution in [3.63, 3.8) is 0 Å². The lowest BCUT2D eigenvalue weighted by Crippen LogP contribution is -2.29. The van der Waals surface area contributed by atoms with E-state index in [1.165, 1.54) is 11.0 Å². The van der Waals surface area contributed by atoms with Gasteiger partial charge in [0.2, 0.25) is 0 Å². The number of aromatic hydroxyl groups is 1. The predicted molar refractivity (Wildman–Crippen MR) is 82.1 cm³/mol. The molecule has 120 valence electrons. The molecule has 0 bridgehead atoms. The summed E-state index contributed by atoms with van der Waals surface area (Å²) < 4.78 is 6.93. The number of methoxy groups -OCH3 is 1. The second-order valence-corrected chi connectivity index (χ2v) is 5.12. The zero-order valence-corrected chi connectivity index (χ0v) is 13.0. The quantitative estimate of drug-likeness (QED) is 0.822. The molecule has 0 radical (unpaired) electrons. The summed E-state index contributed by atoms with van der Waals surface area (Å²) in [6.45, 7) is 3.05. The third-order valence-electron chi connectivity index (χ3n) is 3.56. The van der Waals surface area contributed by atoms with Crippen LogP contribution in [-0.2, 0) is 11.3 Å². The number of nitrogens with zero attached hydrogens (tertiary/aromatic N) is 3. The van der Waals surface area contributed by atoms with Crippen LogP contribution >= 0.6 is 0 Å². The van der Waals surface area contributed by atoms with Gasteiger partial charge in [0, 0.05) is 32.8 Å². The van der Waals surface area contributed by atoms with Crippen LogP contribution in [0.4, 0.5) is 0 Å². The van der Waals surface area contributed by atoms with Gasteiger partial charge in [-0.1, -0.05) is 0 Å². The molecule has 0 fully saturated rings. The zero-order chi connectivity index (χ0) is 16.3. The van der Waals surface area contributed by atoms with Crippen molar-refractivity contribution < 1.29 is 19.7 Å². The van der Waals surface area contributed by atoms with Gasteiger partial charge in [-0.05, 0) is 19.1 Å². The van der Waals surface area contributed by atoms with E-state index in [-0.39, 0.29) is 24.8 Å². The summed E-state index contributed by atoms with van der Waals surface area (Å²) >= 11 is 0. The number of phenols is 1. The van der Waals surface area contributed by atoms with Crippen LogP contribution in [0.5, 0.6) is 5.75 Å². The Hall–Kier alpha value is -2.12. The van der Waals surface area contributed by atoms with Gasteiger partial charge >= 0.3 is 0 Å². The third-order valence-corrected chi connectivity index (χ3v) is 3.56. The molecule has 7 heteroatoms. The number of likely N-dealkylation sites (N-methyl/N-ethyl adjacent to an activating group) is 1. The van der Waals surface area contributed by atoms with Crippen molar-refractivity contribution in [3.8, 4) is 5.75 Å². The molecule has 0 atom stereocenters. The number of aryl methyl sites for hydroxylation is 1. The maximum absolute atomic E-state index is 12.2. The minimum absolute atomic E-state index is 0.00921. The van der Waals surface area contributed by atoms with E-state index < -0.39 is 0 Å². The third kappa shape index (κ3) is 3.05. The van der Waals surface area contributed by atoms with Crippen LogP contribution in [0.15, 0.2) is 12.1 Å². The lowest BCUT2D eigenvalue weighted by molar-refractivity contribution is 0.0766. The molecule has 1 aromatic heterocycles. The van der Waals surface area contributed by atoms with Gasteiger partial charge in [0.15, 0.2) is 0 Å². The van der Waals surface area contributed by atoms with Gasteiger partial charge in [-0.3, -0.25) is 4.79 Å². The van der Waals surface area contributed by atoms with Crippen molar-refractivity contribution in [2.75, 3.05) is 33.9 Å². The van der Waals surface area contributed by atoms with Crippen molar-refractivity contribution in [2.45, 2.75) is 13.5 Å². The molecule has 0 unspecified atom stereocenters. The molecule has 7 nitrogen and oxygen atoms in total. The highest BCUT2D eigenvalue weighted by Crippen LogP contribution is 2.28. The zero-order valence-electron chi connectivity index (χ0n) is 13.0. The van der Waals surface area contributed by atoms with Crippen molar-refractivity contribution in [2.24, 2.45) is 0 Å². The highest BCUT2D eigenvalue weighted by atomic mass is 16.5. The molecule has 0 saturated carbocycles. The largest absolute Gasteiger partial charge is 0.506 e. The van der Waals surface area contributed by atoms with E-state index in [1.807, 2.05) is 11.5 Å². The van der Waals surface area contributed by atoms with Crippen molar-refractivity contribution >= 4 is 16.9 Å². The first-order chi connectivity index (χ1) is 10.5. The lowest BCUT2D eigenvalue weighted by Gasteiger charge is -2.16. The summed E-state index contributed by atoms with van der Waals surface area (Å²) in [6.07, 6.45) is 0. The normalized spacial score (nSPS) is 11.1. The van der Waals surface area contributed by atoms with E-state index >= 15 is 0 Å². The number of aliphatic hydroxyl groups is 1. The minimum atomic E-state index is -0.268. The van der Waals surface area contributed by atoms with E-state index in [0.29, 0.717) is 29.7 Å². The van der Waals surface area contributed by atoms with Crippen LogP contribution in [0, 0.1) is 6.92 Å². The lowest BCUT2D eigenvalue weighted by atomic mass is 10.1. The summed E-state index contributed by atoms with van der Waals surface area (Å²) in [5, 5.41) is 19.2. The second-order valence-electron chi connectivity index (χ2n) is 5.12. The Morgan fingerprint density at radius 1 is 1.45 bits per heavy atom. The maximum atomic E-state index is 12.2. The molecule has 0 saturated heterocycles. The van der Waals surface area contributed by atoms with E-state index in [2.05, 4.69) is 4.98 Å². The minimum Gasteiger partial charge on any atom is -0.506 e. The number of ether oxygens (including phenoxy) is 1. The molecule has 2 rings (SSSR count). The highest BCUT2D eigenvalue weighted by Gasteiger charge is 2.18. The average Bonchev–Trinajstić information content (AvgIpc) is 2.80. The smallest absolute Gasteiger partial charge is 0.253 e. The van der Waals surface area contributed by atoms with Crippen LogP contribution in [0.1, 0.15) is 16.2 Å². The first kappa shape index (κ1) is 16.3. The van der Waals surface area contributed by atoms with Crippen LogP contribution in [0.3, 0.4) is 0 Å². The first-order valence-electron chi connectivity index (χ1n) is 7.04. The molecular weight excluding hydrogens is 286 g/mol. The Morgan fingerprint density at radius 2 is 2.18 bits per heavy atom. The number of hydrogen-bond donors (Lipinski definition) is 2. The maximum Gasteiger partial charge on any atom is 0.253 e. The monoisotopic (exact) mass is 307 g/mol. The Bertz CT molecular complexity index is 681. The summed E-state index contributed by atoms with van der Waals surface area (Å²) in [5.41, 5.74) is 1.50. The van der Waals surface area contributed by atoms with Gasteiger partial charge in [0.1, 0.15) is 17.1 Å². The fourth-order valence-electron chi connectivity index (χ4n) is 2.41. The molecule has 1 aromatic carbocycles. The van der Waals surface area contributed by atoms with Crippen LogP contribution in [0.2, 0.25) is 0 Å². The summed E-state index contributed by atoms with van der Waals surface area (Å²) in [6, 6.07) is 3.09. The average molecular weight is 307 g/mol. The number of fused-ring (bicyclic) bond motifs is 1. The molecule has 0 aliphatic heterocycles. The summed E-state index contributed by atoms with van der Waals surface area (Å²) in [4.78, 5) is 18.0. The molecule has 1 heterocycles. The summed E-state index contributed by atoms with van der Waals surface area (Å²) in [7, 11) is 3.21. The van der Waals surface area contributed by atoms with E-state index in [0.717, 1.165) is 5.82 Å². The van der Waals surface area contributed by atoms with Gasteiger partial charge in [-0.2, -0.15) is 0 Å². The molecule has 0 aliphatic carbocycles. The number of carbonyl (C=O) groups is 1.